The second kappa shape index (κ2) is 10.2. The lowest BCUT2D eigenvalue weighted by Crippen LogP contribution is -2.44. The third-order valence-electron chi connectivity index (χ3n) is 5.78. The third kappa shape index (κ3) is 4.91. The number of aromatic carboxylic acids is 1. The van der Waals surface area contributed by atoms with Crippen LogP contribution in [0.15, 0.2) is 67.0 Å². The number of anilines is 1. The number of aromatic nitrogens is 1. The Balaban J connectivity index is 1.40. The molecule has 1 atom stereocenters. The molecule has 4 rings (SSSR count). The average molecular weight is 460 g/mol. The Kier molecular flexibility index (Phi) is 6.87. The minimum Gasteiger partial charge on any atom is -0.478 e. The van der Waals surface area contributed by atoms with Crippen molar-refractivity contribution in [3.8, 4) is 11.1 Å². The molecule has 1 heterocycles. The molecule has 1 aliphatic rings. The molecule has 174 valence electrons. The van der Waals surface area contributed by atoms with Gasteiger partial charge >= 0.3 is 12.1 Å². The van der Waals surface area contributed by atoms with Crippen molar-refractivity contribution < 1.29 is 24.2 Å². The summed E-state index contributed by atoms with van der Waals surface area (Å²) < 4.78 is 5.55. The number of nitrogens with one attached hydrogen (secondary N) is 2. The van der Waals surface area contributed by atoms with Crippen LogP contribution < -0.4 is 10.6 Å². The normalized spacial score (nSPS) is 12.9. The van der Waals surface area contributed by atoms with Crippen LogP contribution in [0.5, 0.6) is 0 Å². The van der Waals surface area contributed by atoms with Crippen LogP contribution in [0.1, 0.15) is 47.2 Å². The van der Waals surface area contributed by atoms with Gasteiger partial charge in [0, 0.05) is 12.1 Å². The molecule has 0 unspecified atom stereocenters. The summed E-state index contributed by atoms with van der Waals surface area (Å²) in [5.74, 6) is -1.70. The molecule has 0 aliphatic heterocycles. The monoisotopic (exact) mass is 459 g/mol. The second-order valence-electron chi connectivity index (χ2n) is 8.07. The molecular weight excluding hydrogens is 434 g/mol. The van der Waals surface area contributed by atoms with E-state index in [2.05, 4.69) is 27.8 Å². The van der Waals surface area contributed by atoms with Crippen molar-refractivity contribution in [3.63, 3.8) is 0 Å². The molecule has 3 N–H and O–H groups in total. The van der Waals surface area contributed by atoms with Crippen LogP contribution in [0.25, 0.3) is 11.1 Å². The van der Waals surface area contributed by atoms with E-state index in [0.717, 1.165) is 22.3 Å². The third-order valence-corrected chi connectivity index (χ3v) is 5.78. The van der Waals surface area contributed by atoms with E-state index < -0.39 is 24.0 Å². The van der Waals surface area contributed by atoms with Crippen molar-refractivity contribution in [2.24, 2.45) is 0 Å². The number of carboxylic acid groups (broad SMARTS) is 1. The largest absolute Gasteiger partial charge is 0.478 e. The molecule has 2 aromatic carbocycles. The van der Waals surface area contributed by atoms with E-state index >= 15 is 0 Å². The summed E-state index contributed by atoms with van der Waals surface area (Å²) in [6, 6.07) is 16.6. The Bertz CT molecular complexity index is 1180. The van der Waals surface area contributed by atoms with Gasteiger partial charge in [0.05, 0.1) is 17.4 Å². The van der Waals surface area contributed by atoms with Crippen LogP contribution in [0.4, 0.5) is 10.5 Å². The van der Waals surface area contributed by atoms with E-state index in [-0.39, 0.29) is 23.8 Å². The van der Waals surface area contributed by atoms with Crippen LogP contribution in [0, 0.1) is 0 Å². The summed E-state index contributed by atoms with van der Waals surface area (Å²) in [4.78, 5) is 40.3. The topological polar surface area (TPSA) is 118 Å². The van der Waals surface area contributed by atoms with Gasteiger partial charge in [0.25, 0.3) is 0 Å². The van der Waals surface area contributed by atoms with Crippen molar-refractivity contribution in [3.05, 3.63) is 83.7 Å². The zero-order chi connectivity index (χ0) is 24.1. The van der Waals surface area contributed by atoms with Gasteiger partial charge in [0.15, 0.2) is 0 Å². The van der Waals surface area contributed by atoms with Crippen LogP contribution in [0.3, 0.4) is 0 Å². The summed E-state index contributed by atoms with van der Waals surface area (Å²) in [5, 5.41) is 14.4. The Morgan fingerprint density at radius 2 is 1.68 bits per heavy atom. The minimum atomic E-state index is -1.15. The lowest BCUT2D eigenvalue weighted by Gasteiger charge is -2.19. The number of carbonyl (C=O) groups is 3. The Hall–Kier alpha value is -4.20. The number of fused-ring (bicyclic) bond motifs is 3. The first-order chi connectivity index (χ1) is 16.5. The highest BCUT2D eigenvalue weighted by Gasteiger charge is 2.29. The molecule has 8 heteroatoms. The fourth-order valence-electron chi connectivity index (χ4n) is 4.19. The number of nitrogens with zero attached hydrogens (tertiary/aromatic N) is 1. The zero-order valence-corrected chi connectivity index (χ0v) is 18.7. The molecule has 34 heavy (non-hydrogen) atoms. The lowest BCUT2D eigenvalue weighted by molar-refractivity contribution is -0.118. The van der Waals surface area contributed by atoms with Gasteiger partial charge in [0.2, 0.25) is 5.91 Å². The maximum Gasteiger partial charge on any atom is 0.407 e. The van der Waals surface area contributed by atoms with E-state index in [9.17, 15) is 14.4 Å². The lowest BCUT2D eigenvalue weighted by atomic mass is 9.98. The first-order valence-electron chi connectivity index (χ1n) is 11.1. The van der Waals surface area contributed by atoms with E-state index in [0.29, 0.717) is 12.8 Å². The number of alkyl carbamates (subject to hydrolysis) is 1. The minimum absolute atomic E-state index is 0.0469. The molecule has 3 aromatic rings. The number of carbonyl (C=O) groups excluding carboxylic acids is 2. The molecule has 1 aromatic heterocycles. The van der Waals surface area contributed by atoms with Crippen molar-refractivity contribution in [1.82, 2.24) is 10.3 Å². The predicted octanol–water partition coefficient (Wildman–Crippen LogP) is 4.43. The summed E-state index contributed by atoms with van der Waals surface area (Å²) in [5.41, 5.74) is 4.66. The fourth-order valence-corrected chi connectivity index (χ4v) is 4.19. The summed E-state index contributed by atoms with van der Waals surface area (Å²) in [6.07, 6.45) is 2.89. The number of hydrogen-bond acceptors (Lipinski definition) is 5. The van der Waals surface area contributed by atoms with Gasteiger partial charge in [-0.25, -0.2) is 9.59 Å². The number of pyridine rings is 1. The quantitative estimate of drug-likeness (QED) is 0.459. The molecule has 2 amide bonds. The molecule has 0 spiro atoms. The van der Waals surface area contributed by atoms with Gasteiger partial charge in [-0.2, -0.15) is 0 Å². The van der Waals surface area contributed by atoms with Gasteiger partial charge in [-0.3, -0.25) is 9.78 Å². The Labute approximate surface area is 197 Å². The number of ether oxygens (including phenoxy) is 1. The van der Waals surface area contributed by atoms with Crippen LogP contribution in [-0.2, 0) is 9.53 Å². The van der Waals surface area contributed by atoms with Crippen molar-refractivity contribution in [2.45, 2.75) is 31.7 Å². The number of benzene rings is 2. The second-order valence-corrected chi connectivity index (χ2v) is 8.07. The first kappa shape index (κ1) is 23.0. The number of carboxylic acids is 1. The molecule has 0 radical (unpaired) electrons. The Morgan fingerprint density at radius 1 is 1.03 bits per heavy atom. The van der Waals surface area contributed by atoms with Crippen LogP contribution in [-0.4, -0.2) is 40.7 Å². The average Bonchev–Trinajstić information content (AvgIpc) is 3.16. The van der Waals surface area contributed by atoms with E-state index in [1.54, 1.807) is 0 Å². The predicted molar refractivity (Wildman–Crippen MR) is 127 cm³/mol. The highest BCUT2D eigenvalue weighted by Crippen LogP contribution is 2.44. The van der Waals surface area contributed by atoms with Gasteiger partial charge in [-0.1, -0.05) is 61.9 Å². The van der Waals surface area contributed by atoms with E-state index in [1.165, 1.54) is 18.5 Å². The fraction of sp³-hybridized carbons (Fsp3) is 0.231. The highest BCUT2D eigenvalue weighted by atomic mass is 16.5. The SMILES string of the molecule is CCC[C@H](NC(=O)OCC1c2ccccc2-c2ccccc21)C(=O)Nc1cncc(C(=O)O)c1. The molecule has 0 saturated carbocycles. The molecule has 0 saturated heterocycles. The molecule has 1 aliphatic carbocycles. The maximum absolute atomic E-state index is 12.8. The smallest absolute Gasteiger partial charge is 0.407 e. The van der Waals surface area contributed by atoms with Gasteiger partial charge in [-0.15, -0.1) is 0 Å². The standard InChI is InChI=1S/C26H25N3O5/c1-2-7-23(24(30)28-17-12-16(25(31)32)13-27-14-17)29-26(33)34-15-22-20-10-5-3-8-18(20)19-9-4-6-11-21(19)22/h3-6,8-14,22-23H,2,7,15H2,1H3,(H,28,30)(H,29,33)(H,31,32)/t23-/m0/s1. The number of amides is 2. The van der Waals surface area contributed by atoms with E-state index in [4.69, 9.17) is 9.84 Å². The van der Waals surface area contributed by atoms with E-state index in [1.807, 2.05) is 43.3 Å². The van der Waals surface area contributed by atoms with Crippen molar-refractivity contribution in [1.29, 1.82) is 0 Å². The summed E-state index contributed by atoms with van der Waals surface area (Å²) >= 11 is 0. The molecular formula is C26H25N3O5. The number of hydrogen-bond donors (Lipinski definition) is 3. The van der Waals surface area contributed by atoms with Crippen LogP contribution >= 0.6 is 0 Å². The van der Waals surface area contributed by atoms with Gasteiger partial charge < -0.3 is 20.5 Å². The number of rotatable bonds is 8. The highest BCUT2D eigenvalue weighted by molar-refractivity contribution is 5.97. The zero-order valence-electron chi connectivity index (χ0n) is 18.7. The van der Waals surface area contributed by atoms with Crippen molar-refractivity contribution in [2.75, 3.05) is 11.9 Å². The van der Waals surface area contributed by atoms with Gasteiger partial charge in [0.1, 0.15) is 12.6 Å². The molecule has 8 nitrogen and oxygen atoms in total. The molecule has 0 fully saturated rings. The van der Waals surface area contributed by atoms with Crippen LogP contribution in [0.2, 0.25) is 0 Å². The maximum atomic E-state index is 12.8. The molecule has 0 bridgehead atoms. The Morgan fingerprint density at radius 3 is 2.29 bits per heavy atom. The first-order valence-corrected chi connectivity index (χ1v) is 11.1. The summed E-state index contributed by atoms with van der Waals surface area (Å²) in [7, 11) is 0. The van der Waals surface area contributed by atoms with Gasteiger partial charge in [-0.05, 0) is 34.7 Å². The van der Waals surface area contributed by atoms with Crippen molar-refractivity contribution >= 4 is 23.7 Å². The summed E-state index contributed by atoms with van der Waals surface area (Å²) in [6.45, 7) is 2.04.